The van der Waals surface area contributed by atoms with Gasteiger partial charge in [0, 0.05) is 21.1 Å². The number of hydrogen-bond acceptors (Lipinski definition) is 7. The normalized spacial score (nSPS) is 15.6. The van der Waals surface area contributed by atoms with E-state index in [0.717, 1.165) is 32.5 Å². The van der Waals surface area contributed by atoms with Crippen LogP contribution >= 0.6 is 0 Å². The van der Waals surface area contributed by atoms with Gasteiger partial charge in [-0.3, -0.25) is 0 Å². The maximum atomic E-state index is 11.3. The zero-order chi connectivity index (χ0) is 14.1. The summed E-state index contributed by atoms with van der Waals surface area (Å²) >= 11 is 0. The molecule has 0 aromatic rings. The number of unbranched alkanes of at least 4 members (excludes halogenated alkanes) is 1. The standard InChI is InChI=1S/C12H23N3O4.Pt/c13-18-11(16)10(12(17)19-14)6-2-5-9-15-7-3-1-4-8-15;/h10H,1-9,13-14H2;. The van der Waals surface area contributed by atoms with Gasteiger partial charge < -0.3 is 14.6 Å². The number of hydrogen-bond donors (Lipinski definition) is 2. The number of carbonyl (C=O) groups excluding carboxylic acids is 2. The van der Waals surface area contributed by atoms with Crippen LogP contribution in [0.4, 0.5) is 0 Å². The van der Waals surface area contributed by atoms with E-state index in [4.69, 9.17) is 11.8 Å². The van der Waals surface area contributed by atoms with Crippen LogP contribution < -0.4 is 11.8 Å². The molecule has 1 saturated heterocycles. The van der Waals surface area contributed by atoms with Crippen molar-refractivity contribution >= 4 is 11.9 Å². The molecule has 1 heterocycles. The first-order chi connectivity index (χ1) is 9.19. The Morgan fingerprint density at radius 3 is 2.05 bits per heavy atom. The zero-order valence-corrected chi connectivity index (χ0v) is 13.8. The van der Waals surface area contributed by atoms with Crippen molar-refractivity contribution in [2.45, 2.75) is 38.5 Å². The van der Waals surface area contributed by atoms with Crippen LogP contribution in [0.5, 0.6) is 0 Å². The topological polar surface area (TPSA) is 108 Å². The van der Waals surface area contributed by atoms with Crippen LogP contribution in [0.1, 0.15) is 38.5 Å². The Bertz CT molecular complexity index is 282. The number of likely N-dealkylation sites (tertiary alicyclic amines) is 1. The summed E-state index contributed by atoms with van der Waals surface area (Å²) in [5.41, 5.74) is 0. The van der Waals surface area contributed by atoms with E-state index in [1.807, 2.05) is 0 Å². The Kier molecular flexibility index (Phi) is 10.9. The molecule has 0 amide bonds. The number of rotatable bonds is 7. The van der Waals surface area contributed by atoms with Crippen molar-refractivity contribution in [3.63, 3.8) is 0 Å². The molecule has 120 valence electrons. The molecule has 1 aliphatic rings. The molecule has 4 N–H and O–H groups in total. The minimum Gasteiger partial charge on any atom is -0.373 e. The van der Waals surface area contributed by atoms with Crippen molar-refractivity contribution in [3.8, 4) is 0 Å². The van der Waals surface area contributed by atoms with Crippen molar-refractivity contribution in [1.82, 2.24) is 4.90 Å². The molecule has 7 nitrogen and oxygen atoms in total. The van der Waals surface area contributed by atoms with Crippen LogP contribution in [0.3, 0.4) is 0 Å². The van der Waals surface area contributed by atoms with Gasteiger partial charge in [-0.25, -0.2) is 9.59 Å². The van der Waals surface area contributed by atoms with Crippen LogP contribution in [0.25, 0.3) is 0 Å². The number of piperidine rings is 1. The van der Waals surface area contributed by atoms with Crippen LogP contribution in [-0.4, -0.2) is 36.5 Å². The minimum absolute atomic E-state index is 0. The van der Waals surface area contributed by atoms with Gasteiger partial charge in [0.25, 0.3) is 0 Å². The summed E-state index contributed by atoms with van der Waals surface area (Å²) < 4.78 is 0. The monoisotopic (exact) mass is 468 g/mol. The van der Waals surface area contributed by atoms with Crippen LogP contribution in [-0.2, 0) is 40.3 Å². The van der Waals surface area contributed by atoms with Crippen molar-refractivity contribution in [3.05, 3.63) is 0 Å². The van der Waals surface area contributed by atoms with E-state index < -0.39 is 17.9 Å². The number of nitrogens with two attached hydrogens (primary N) is 2. The predicted molar refractivity (Wildman–Crippen MR) is 68.2 cm³/mol. The fraction of sp³-hybridized carbons (Fsp3) is 0.833. The third-order valence-electron chi connectivity index (χ3n) is 3.47. The Morgan fingerprint density at radius 2 is 1.55 bits per heavy atom. The summed E-state index contributed by atoms with van der Waals surface area (Å²) in [6.45, 7) is 3.26. The molecule has 1 fully saturated rings. The van der Waals surface area contributed by atoms with Crippen LogP contribution in [0.15, 0.2) is 0 Å². The third kappa shape index (κ3) is 6.79. The van der Waals surface area contributed by atoms with Crippen LogP contribution in [0.2, 0.25) is 0 Å². The van der Waals surface area contributed by atoms with Gasteiger partial charge in [0.05, 0.1) is 0 Å². The van der Waals surface area contributed by atoms with Crippen molar-refractivity contribution in [2.75, 3.05) is 19.6 Å². The molecule has 0 aromatic carbocycles. The smallest absolute Gasteiger partial charge is 0.338 e. The average molecular weight is 468 g/mol. The van der Waals surface area contributed by atoms with Crippen molar-refractivity contribution in [1.29, 1.82) is 0 Å². The van der Waals surface area contributed by atoms with Gasteiger partial charge in [-0.1, -0.05) is 12.8 Å². The molecule has 0 unspecified atom stereocenters. The molecule has 1 rings (SSSR count). The molecule has 0 atom stereocenters. The van der Waals surface area contributed by atoms with E-state index in [9.17, 15) is 9.59 Å². The minimum atomic E-state index is -1.02. The van der Waals surface area contributed by atoms with Gasteiger partial charge in [0.2, 0.25) is 0 Å². The molecule has 20 heavy (non-hydrogen) atoms. The van der Waals surface area contributed by atoms with E-state index in [-0.39, 0.29) is 21.1 Å². The largest absolute Gasteiger partial charge is 0.373 e. The number of nitrogens with zero attached hydrogens (tertiary/aromatic N) is 1. The Hall–Kier alpha value is -0.492. The third-order valence-corrected chi connectivity index (χ3v) is 3.47. The Morgan fingerprint density at radius 1 is 1.00 bits per heavy atom. The maximum absolute atomic E-state index is 11.3. The molecular weight excluding hydrogens is 445 g/mol. The quantitative estimate of drug-likeness (QED) is 0.310. The summed E-state index contributed by atoms with van der Waals surface area (Å²) in [5.74, 6) is 6.95. The second-order valence-electron chi connectivity index (χ2n) is 4.82. The van der Waals surface area contributed by atoms with Gasteiger partial charge in [-0.05, 0) is 45.3 Å². The van der Waals surface area contributed by atoms with Gasteiger partial charge >= 0.3 is 11.9 Å². The molecule has 0 saturated carbocycles. The zero-order valence-electron chi connectivity index (χ0n) is 11.5. The fourth-order valence-electron chi connectivity index (χ4n) is 2.36. The second kappa shape index (κ2) is 11.2. The van der Waals surface area contributed by atoms with E-state index in [0.29, 0.717) is 6.42 Å². The summed E-state index contributed by atoms with van der Waals surface area (Å²) in [5, 5.41) is 0. The molecule has 8 heteroatoms. The van der Waals surface area contributed by atoms with Gasteiger partial charge in [0.15, 0.2) is 5.92 Å². The Balaban J connectivity index is 0.00000361. The van der Waals surface area contributed by atoms with E-state index in [1.165, 1.54) is 19.3 Å². The predicted octanol–water partition coefficient (Wildman–Crippen LogP) is 0.0901. The Labute approximate surface area is 133 Å². The molecule has 0 radical (unpaired) electrons. The second-order valence-corrected chi connectivity index (χ2v) is 4.82. The van der Waals surface area contributed by atoms with Gasteiger partial charge in [-0.15, -0.1) is 0 Å². The van der Waals surface area contributed by atoms with E-state index in [1.54, 1.807) is 0 Å². The maximum Gasteiger partial charge on any atom is 0.338 e. The van der Waals surface area contributed by atoms with Gasteiger partial charge in [-0.2, -0.15) is 11.8 Å². The molecule has 0 bridgehead atoms. The van der Waals surface area contributed by atoms with Crippen LogP contribution in [0, 0.1) is 5.92 Å². The molecule has 0 aromatic heterocycles. The molecule has 1 aliphatic heterocycles. The molecule has 0 aliphatic carbocycles. The first-order valence-electron chi connectivity index (χ1n) is 6.72. The summed E-state index contributed by atoms with van der Waals surface area (Å²) in [4.78, 5) is 33.1. The van der Waals surface area contributed by atoms with E-state index >= 15 is 0 Å². The van der Waals surface area contributed by atoms with Crippen molar-refractivity contribution < 1.29 is 40.3 Å². The molecule has 0 spiro atoms. The number of carbonyl (C=O) groups is 2. The fourth-order valence-corrected chi connectivity index (χ4v) is 2.36. The van der Waals surface area contributed by atoms with Gasteiger partial charge in [0.1, 0.15) is 0 Å². The summed E-state index contributed by atoms with van der Waals surface area (Å²) in [7, 11) is 0. The van der Waals surface area contributed by atoms with E-state index in [2.05, 4.69) is 14.6 Å². The molecular formula is C12H23N3O4Pt. The first kappa shape index (κ1) is 19.5. The summed E-state index contributed by atoms with van der Waals surface area (Å²) in [6, 6.07) is 0. The SMILES string of the molecule is NOC(=O)C(CCCCN1CCCCC1)C(=O)ON.[Pt]. The first-order valence-corrected chi connectivity index (χ1v) is 6.72. The van der Waals surface area contributed by atoms with Crippen molar-refractivity contribution in [2.24, 2.45) is 17.7 Å². The summed E-state index contributed by atoms with van der Waals surface area (Å²) in [6.07, 6.45) is 5.81. The average Bonchev–Trinajstić information content (AvgIpc) is 2.47.